The van der Waals surface area contributed by atoms with Crippen molar-refractivity contribution in [3.05, 3.63) is 52.0 Å². The Kier molecular flexibility index (Phi) is 6.58. The minimum atomic E-state index is -4.63. The Labute approximate surface area is 162 Å². The SMILES string of the molecule is Cc1ccc(S(=O)(=O)OCc2nc([N+](=O)[O-])cn2CC(=O)NCC(F)(F)F)cc1. The van der Waals surface area contributed by atoms with Gasteiger partial charge in [0.1, 0.15) is 25.9 Å². The minimum absolute atomic E-state index is 0.168. The van der Waals surface area contributed by atoms with E-state index in [9.17, 15) is 36.5 Å². The van der Waals surface area contributed by atoms with Crippen molar-refractivity contribution in [3.63, 3.8) is 0 Å². The largest absolute Gasteiger partial charge is 0.405 e. The van der Waals surface area contributed by atoms with E-state index in [-0.39, 0.29) is 10.7 Å². The molecular formula is C15H15F3N4O6S. The van der Waals surface area contributed by atoms with Gasteiger partial charge in [-0.2, -0.15) is 21.6 Å². The van der Waals surface area contributed by atoms with E-state index in [4.69, 9.17) is 4.18 Å². The van der Waals surface area contributed by atoms with Gasteiger partial charge in [-0.15, -0.1) is 0 Å². The first kappa shape index (κ1) is 22.3. The van der Waals surface area contributed by atoms with Gasteiger partial charge in [-0.05, 0) is 29.0 Å². The van der Waals surface area contributed by atoms with Crippen LogP contribution in [0.25, 0.3) is 0 Å². The van der Waals surface area contributed by atoms with E-state index in [0.717, 1.165) is 16.3 Å². The average molecular weight is 436 g/mol. The highest BCUT2D eigenvalue weighted by Crippen LogP contribution is 2.18. The fraction of sp³-hybridized carbons (Fsp3) is 0.333. The van der Waals surface area contributed by atoms with Crippen molar-refractivity contribution >= 4 is 21.8 Å². The minimum Gasteiger partial charge on any atom is -0.358 e. The summed E-state index contributed by atoms with van der Waals surface area (Å²) in [5.74, 6) is -2.15. The summed E-state index contributed by atoms with van der Waals surface area (Å²) >= 11 is 0. The lowest BCUT2D eigenvalue weighted by atomic mass is 10.2. The second kappa shape index (κ2) is 8.57. The van der Waals surface area contributed by atoms with Gasteiger partial charge in [0, 0.05) is 0 Å². The number of aryl methyl sites for hydroxylation is 1. The smallest absolute Gasteiger partial charge is 0.358 e. The highest BCUT2D eigenvalue weighted by atomic mass is 32.2. The van der Waals surface area contributed by atoms with Crippen molar-refractivity contribution < 1.29 is 35.5 Å². The summed E-state index contributed by atoms with van der Waals surface area (Å²) in [6.07, 6.45) is -3.84. The van der Waals surface area contributed by atoms with Crippen LogP contribution in [0.15, 0.2) is 35.4 Å². The van der Waals surface area contributed by atoms with Crippen LogP contribution in [-0.4, -0.2) is 41.5 Å². The van der Waals surface area contributed by atoms with Crippen molar-refractivity contribution in [2.45, 2.75) is 31.1 Å². The lowest BCUT2D eigenvalue weighted by Crippen LogP contribution is -2.36. The van der Waals surface area contributed by atoms with Crippen molar-refractivity contribution in [3.8, 4) is 0 Å². The third kappa shape index (κ3) is 6.53. The molecule has 0 spiro atoms. The Morgan fingerprint density at radius 1 is 1.31 bits per heavy atom. The number of benzene rings is 1. The standard InChI is InChI=1S/C15H15F3N4O6S/c1-10-2-4-11(5-3-10)29(26,27)28-8-13-20-12(22(24)25)6-21(13)7-14(23)19-9-15(16,17)18/h2-6H,7-9H2,1H3,(H,19,23). The Balaban J connectivity index is 2.15. The predicted molar refractivity (Wildman–Crippen MR) is 91.1 cm³/mol. The molecule has 1 aromatic heterocycles. The Morgan fingerprint density at radius 3 is 2.48 bits per heavy atom. The first-order chi connectivity index (χ1) is 13.4. The van der Waals surface area contributed by atoms with E-state index in [2.05, 4.69) is 4.98 Å². The molecule has 0 saturated carbocycles. The normalized spacial score (nSPS) is 12.0. The molecule has 0 radical (unpaired) electrons. The Hall–Kier alpha value is -3.00. The number of alkyl halides is 3. The van der Waals surface area contributed by atoms with Gasteiger partial charge in [-0.25, -0.2) is 0 Å². The fourth-order valence-corrected chi connectivity index (χ4v) is 2.96. The van der Waals surface area contributed by atoms with Crippen LogP contribution in [0.5, 0.6) is 0 Å². The van der Waals surface area contributed by atoms with Gasteiger partial charge in [0.2, 0.25) is 5.91 Å². The number of hydrogen-bond acceptors (Lipinski definition) is 7. The zero-order valence-electron chi connectivity index (χ0n) is 14.8. The van der Waals surface area contributed by atoms with E-state index in [1.807, 2.05) is 0 Å². The molecule has 0 aliphatic carbocycles. The molecule has 1 N–H and O–H groups in total. The third-order valence-corrected chi connectivity index (χ3v) is 4.76. The van der Waals surface area contributed by atoms with Crippen LogP contribution in [-0.2, 0) is 32.2 Å². The topological polar surface area (TPSA) is 133 Å². The summed E-state index contributed by atoms with van der Waals surface area (Å²) in [6.45, 7) is -1.36. The predicted octanol–water partition coefficient (Wildman–Crippen LogP) is 1.68. The maximum Gasteiger partial charge on any atom is 0.405 e. The van der Waals surface area contributed by atoms with Gasteiger partial charge in [0.15, 0.2) is 0 Å². The molecule has 0 saturated heterocycles. The van der Waals surface area contributed by atoms with Crippen LogP contribution in [0.1, 0.15) is 11.4 Å². The number of hydrogen-bond donors (Lipinski definition) is 1. The number of rotatable bonds is 8. The molecule has 1 heterocycles. The average Bonchev–Trinajstić information content (AvgIpc) is 3.01. The quantitative estimate of drug-likeness (QED) is 0.378. The number of aromatic nitrogens is 2. The Morgan fingerprint density at radius 2 is 1.93 bits per heavy atom. The van der Waals surface area contributed by atoms with Gasteiger partial charge in [-0.1, -0.05) is 17.7 Å². The van der Waals surface area contributed by atoms with E-state index < -0.39 is 52.6 Å². The van der Waals surface area contributed by atoms with E-state index >= 15 is 0 Å². The molecule has 0 fully saturated rings. The highest BCUT2D eigenvalue weighted by molar-refractivity contribution is 7.86. The van der Waals surface area contributed by atoms with Crippen LogP contribution in [0.2, 0.25) is 0 Å². The molecule has 0 atom stereocenters. The summed E-state index contributed by atoms with van der Waals surface area (Å²) in [5, 5.41) is 12.5. The van der Waals surface area contributed by atoms with Crippen molar-refractivity contribution in [1.29, 1.82) is 0 Å². The molecule has 158 valence electrons. The van der Waals surface area contributed by atoms with Crippen LogP contribution in [0, 0.1) is 17.0 Å². The number of nitrogens with one attached hydrogen (secondary N) is 1. The summed E-state index contributed by atoms with van der Waals surface area (Å²) in [4.78, 5) is 25.0. The molecule has 14 heteroatoms. The molecule has 0 bridgehead atoms. The number of nitro groups is 1. The van der Waals surface area contributed by atoms with Crippen LogP contribution in [0.4, 0.5) is 19.0 Å². The van der Waals surface area contributed by atoms with Crippen LogP contribution >= 0.6 is 0 Å². The number of amides is 1. The molecule has 1 aromatic carbocycles. The van der Waals surface area contributed by atoms with Gasteiger partial charge >= 0.3 is 12.0 Å². The monoisotopic (exact) mass is 436 g/mol. The van der Waals surface area contributed by atoms with E-state index in [0.29, 0.717) is 0 Å². The molecule has 0 aliphatic rings. The summed E-state index contributed by atoms with van der Waals surface area (Å²) in [5.41, 5.74) is 0.806. The fourth-order valence-electron chi connectivity index (χ4n) is 2.09. The zero-order chi connectivity index (χ0) is 21.8. The van der Waals surface area contributed by atoms with Crippen LogP contribution < -0.4 is 5.32 Å². The van der Waals surface area contributed by atoms with E-state index in [1.54, 1.807) is 12.2 Å². The molecule has 10 nitrogen and oxygen atoms in total. The lowest BCUT2D eigenvalue weighted by Gasteiger charge is -2.09. The second-order valence-corrected chi connectivity index (χ2v) is 7.44. The maximum atomic E-state index is 12.2. The number of imidazole rings is 1. The van der Waals surface area contributed by atoms with Crippen LogP contribution in [0.3, 0.4) is 0 Å². The first-order valence-corrected chi connectivity index (χ1v) is 9.28. The lowest BCUT2D eigenvalue weighted by molar-refractivity contribution is -0.389. The molecule has 2 rings (SSSR count). The number of halogens is 3. The third-order valence-electron chi connectivity index (χ3n) is 3.49. The van der Waals surface area contributed by atoms with Gasteiger partial charge in [0.05, 0.1) is 4.90 Å². The van der Waals surface area contributed by atoms with Gasteiger partial charge < -0.3 is 15.4 Å². The molecule has 29 heavy (non-hydrogen) atoms. The van der Waals surface area contributed by atoms with Gasteiger partial charge in [-0.3, -0.25) is 13.5 Å². The summed E-state index contributed by atoms with van der Waals surface area (Å²) in [6, 6.07) is 5.66. The first-order valence-electron chi connectivity index (χ1n) is 7.87. The van der Waals surface area contributed by atoms with Crippen molar-refractivity contribution in [1.82, 2.24) is 14.9 Å². The second-order valence-electron chi connectivity index (χ2n) is 5.82. The zero-order valence-corrected chi connectivity index (χ0v) is 15.7. The molecule has 0 aliphatic heterocycles. The molecule has 0 unspecified atom stereocenters. The Bertz CT molecular complexity index is 1000. The molecule has 1 amide bonds. The molecular weight excluding hydrogens is 421 g/mol. The number of carbonyl (C=O) groups excluding carboxylic acids is 1. The number of carbonyl (C=O) groups is 1. The number of nitrogens with zero attached hydrogens (tertiary/aromatic N) is 3. The van der Waals surface area contributed by atoms with Gasteiger partial charge in [0.25, 0.3) is 15.9 Å². The summed E-state index contributed by atoms with van der Waals surface area (Å²) in [7, 11) is -4.23. The summed E-state index contributed by atoms with van der Waals surface area (Å²) < 4.78 is 66.6. The van der Waals surface area contributed by atoms with Crippen molar-refractivity contribution in [2.24, 2.45) is 0 Å². The van der Waals surface area contributed by atoms with Crippen molar-refractivity contribution in [2.75, 3.05) is 6.54 Å². The highest BCUT2D eigenvalue weighted by Gasteiger charge is 2.29. The molecule has 2 aromatic rings. The van der Waals surface area contributed by atoms with E-state index in [1.165, 1.54) is 24.3 Å². The maximum absolute atomic E-state index is 12.2.